The number of hydrogen-bond acceptors (Lipinski definition) is 1. The zero-order valence-corrected chi connectivity index (χ0v) is 22.9. The Morgan fingerprint density at radius 1 is 0.714 bits per heavy atom. The van der Waals surface area contributed by atoms with Crippen LogP contribution in [0.4, 0.5) is 0 Å². The molecule has 0 aromatic heterocycles. The van der Waals surface area contributed by atoms with Crippen LogP contribution >= 0.6 is 7.92 Å². The van der Waals surface area contributed by atoms with Crippen LogP contribution < -0.4 is 10.6 Å². The lowest BCUT2D eigenvalue weighted by atomic mass is 9.79. The summed E-state index contributed by atoms with van der Waals surface area (Å²) in [5.41, 5.74) is 5.41. The van der Waals surface area contributed by atoms with Gasteiger partial charge < -0.3 is 4.90 Å². The van der Waals surface area contributed by atoms with E-state index in [1.165, 1.54) is 54.7 Å². The Balaban J connectivity index is 1.93. The molecule has 0 fully saturated rings. The van der Waals surface area contributed by atoms with Crippen LogP contribution in [0.3, 0.4) is 0 Å². The minimum absolute atomic E-state index is 0.363. The Morgan fingerprint density at radius 3 is 1.74 bits per heavy atom. The second-order valence-electron chi connectivity index (χ2n) is 10.2. The third-order valence-corrected chi connectivity index (χ3v) is 10.8. The zero-order valence-electron chi connectivity index (χ0n) is 22.0. The Kier molecular flexibility index (Phi) is 9.36. The first-order chi connectivity index (χ1) is 17.1. The normalized spacial score (nSPS) is 17.3. The first kappa shape index (κ1) is 25.9. The molecule has 0 spiro atoms. The summed E-state index contributed by atoms with van der Waals surface area (Å²) >= 11 is 0. The number of rotatable bonds is 9. The van der Waals surface area contributed by atoms with Crippen molar-refractivity contribution in [2.75, 3.05) is 14.1 Å². The van der Waals surface area contributed by atoms with Crippen LogP contribution in [0.15, 0.2) is 102 Å². The number of benzene rings is 3. The molecule has 1 nitrogen and oxygen atoms in total. The molecule has 4 rings (SSSR count). The van der Waals surface area contributed by atoms with E-state index in [4.69, 9.17) is 0 Å². The highest BCUT2D eigenvalue weighted by Crippen LogP contribution is 2.53. The molecule has 0 N–H and O–H groups in total. The summed E-state index contributed by atoms with van der Waals surface area (Å²) < 4.78 is 0. The van der Waals surface area contributed by atoms with E-state index in [0.29, 0.717) is 17.6 Å². The number of allylic oxidation sites excluding steroid dienone is 1. The molecule has 0 heterocycles. The Labute approximate surface area is 215 Å². The highest BCUT2D eigenvalue weighted by molar-refractivity contribution is 7.73. The SMILES string of the molecule is CC[C@@H]([C@@H](C1=C(C)CCCCC1)[C@H](c1ccccc1)N(C)C)P(c1ccccc1)c1ccccc1. The molecule has 0 saturated heterocycles. The molecule has 3 aromatic rings. The molecule has 1 aliphatic carbocycles. The molecule has 2 heteroatoms. The van der Waals surface area contributed by atoms with Crippen LogP contribution in [0.2, 0.25) is 0 Å². The van der Waals surface area contributed by atoms with Crippen LogP contribution in [0.5, 0.6) is 0 Å². The minimum atomic E-state index is -0.515. The third-order valence-electron chi connectivity index (χ3n) is 7.72. The molecular weight excluding hydrogens is 441 g/mol. The largest absolute Gasteiger partial charge is 0.302 e. The Morgan fingerprint density at radius 2 is 1.23 bits per heavy atom. The molecule has 0 unspecified atom stereocenters. The molecule has 3 atom stereocenters. The fourth-order valence-corrected chi connectivity index (χ4v) is 9.20. The van der Waals surface area contributed by atoms with Crippen molar-refractivity contribution in [2.24, 2.45) is 5.92 Å². The molecule has 35 heavy (non-hydrogen) atoms. The molecule has 1 aliphatic rings. The van der Waals surface area contributed by atoms with Gasteiger partial charge in [-0.3, -0.25) is 0 Å². The first-order valence-electron chi connectivity index (χ1n) is 13.4. The maximum absolute atomic E-state index is 2.50. The van der Waals surface area contributed by atoms with E-state index in [9.17, 15) is 0 Å². The van der Waals surface area contributed by atoms with Gasteiger partial charge in [0.05, 0.1) is 0 Å². The van der Waals surface area contributed by atoms with Crippen molar-refractivity contribution in [3.8, 4) is 0 Å². The summed E-state index contributed by atoms with van der Waals surface area (Å²) in [6.45, 7) is 4.87. The summed E-state index contributed by atoms with van der Waals surface area (Å²) in [7, 11) is 4.06. The second kappa shape index (κ2) is 12.7. The van der Waals surface area contributed by atoms with Crippen molar-refractivity contribution in [1.82, 2.24) is 4.90 Å². The van der Waals surface area contributed by atoms with Crippen molar-refractivity contribution in [1.29, 1.82) is 0 Å². The predicted molar refractivity (Wildman–Crippen MR) is 155 cm³/mol. The maximum atomic E-state index is 2.50. The van der Waals surface area contributed by atoms with Gasteiger partial charge in [0.15, 0.2) is 0 Å². The summed E-state index contributed by atoms with van der Waals surface area (Å²) in [4.78, 5) is 2.50. The van der Waals surface area contributed by atoms with Crippen LogP contribution in [0.1, 0.15) is 64.0 Å². The average molecular weight is 484 g/mol. The van der Waals surface area contributed by atoms with Gasteiger partial charge in [0.25, 0.3) is 0 Å². The Hall–Kier alpha value is -2.21. The maximum Gasteiger partial charge on any atom is 0.0413 e. The van der Waals surface area contributed by atoms with Gasteiger partial charge in [-0.05, 0) is 82.9 Å². The quantitative estimate of drug-likeness (QED) is 0.219. The smallest absolute Gasteiger partial charge is 0.0413 e. The summed E-state index contributed by atoms with van der Waals surface area (Å²) in [5.74, 6) is 0.488. The van der Waals surface area contributed by atoms with Crippen LogP contribution in [0.25, 0.3) is 0 Å². The average Bonchev–Trinajstić information content (AvgIpc) is 3.11. The topological polar surface area (TPSA) is 3.24 Å². The lowest BCUT2D eigenvalue weighted by molar-refractivity contribution is 0.223. The van der Waals surface area contributed by atoms with Gasteiger partial charge in [0.2, 0.25) is 0 Å². The highest BCUT2D eigenvalue weighted by Gasteiger charge is 2.39. The molecule has 0 amide bonds. The van der Waals surface area contributed by atoms with E-state index in [-0.39, 0.29) is 0 Å². The van der Waals surface area contributed by atoms with E-state index in [1.807, 2.05) is 0 Å². The molecule has 0 bridgehead atoms. The summed E-state index contributed by atoms with van der Waals surface area (Å²) in [6.07, 6.45) is 7.69. The lowest BCUT2D eigenvalue weighted by Crippen LogP contribution is -2.38. The molecule has 0 saturated carbocycles. The molecule has 0 aliphatic heterocycles. The van der Waals surface area contributed by atoms with Crippen molar-refractivity contribution < 1.29 is 0 Å². The third kappa shape index (κ3) is 6.14. The zero-order chi connectivity index (χ0) is 24.6. The van der Waals surface area contributed by atoms with Gasteiger partial charge in [-0.15, -0.1) is 0 Å². The van der Waals surface area contributed by atoms with E-state index in [2.05, 4.69) is 124 Å². The fraction of sp³-hybridized carbons (Fsp3) is 0.394. The Bertz CT molecular complexity index is 1020. The van der Waals surface area contributed by atoms with E-state index >= 15 is 0 Å². The highest BCUT2D eigenvalue weighted by atomic mass is 31.1. The van der Waals surface area contributed by atoms with E-state index in [1.54, 1.807) is 11.1 Å². The van der Waals surface area contributed by atoms with Crippen LogP contribution in [-0.2, 0) is 0 Å². The predicted octanol–water partition coefficient (Wildman–Crippen LogP) is 8.10. The summed E-state index contributed by atoms with van der Waals surface area (Å²) in [5, 5.41) is 3.01. The van der Waals surface area contributed by atoms with Crippen molar-refractivity contribution in [2.45, 2.75) is 64.1 Å². The monoisotopic (exact) mass is 483 g/mol. The fourth-order valence-electron chi connectivity index (χ4n) is 6.12. The standard InChI is InChI=1S/C33H42NP/c1-5-31(35(28-21-13-8-14-22-28)29-23-15-9-16-24-29)32(30-25-17-6-10-18-26(30)2)33(34(3)4)27-19-11-7-12-20-27/h7-9,11-16,19-24,31-33H,5-6,10,17-18,25H2,1-4H3/t31-,32+,33-/m0/s1. The first-order valence-corrected chi connectivity index (χ1v) is 14.8. The molecule has 0 radical (unpaired) electrons. The van der Waals surface area contributed by atoms with Gasteiger partial charge in [0, 0.05) is 12.0 Å². The van der Waals surface area contributed by atoms with Crippen LogP contribution in [0, 0.1) is 5.92 Å². The molecule has 184 valence electrons. The summed E-state index contributed by atoms with van der Waals surface area (Å²) in [6, 6.07) is 34.4. The van der Waals surface area contributed by atoms with E-state index < -0.39 is 7.92 Å². The van der Waals surface area contributed by atoms with Crippen molar-refractivity contribution in [3.05, 3.63) is 108 Å². The lowest BCUT2D eigenvalue weighted by Gasteiger charge is -2.43. The van der Waals surface area contributed by atoms with Gasteiger partial charge >= 0.3 is 0 Å². The van der Waals surface area contributed by atoms with Gasteiger partial charge in [0.1, 0.15) is 0 Å². The molecule has 3 aromatic carbocycles. The number of hydrogen-bond donors (Lipinski definition) is 0. The van der Waals surface area contributed by atoms with Gasteiger partial charge in [-0.1, -0.05) is 115 Å². The van der Waals surface area contributed by atoms with Crippen LogP contribution in [-0.4, -0.2) is 24.7 Å². The minimum Gasteiger partial charge on any atom is -0.302 e. The van der Waals surface area contributed by atoms with Gasteiger partial charge in [-0.25, -0.2) is 0 Å². The van der Waals surface area contributed by atoms with Crippen molar-refractivity contribution >= 4 is 18.5 Å². The second-order valence-corrected chi connectivity index (χ2v) is 12.7. The molecular formula is C33H42NP. The van der Waals surface area contributed by atoms with Gasteiger partial charge in [-0.2, -0.15) is 0 Å². The van der Waals surface area contributed by atoms with E-state index in [0.717, 1.165) is 0 Å². The number of nitrogens with zero attached hydrogens (tertiary/aromatic N) is 1. The van der Waals surface area contributed by atoms with Crippen molar-refractivity contribution in [3.63, 3.8) is 0 Å².